The van der Waals surface area contributed by atoms with Crippen molar-refractivity contribution >= 4 is 27.7 Å². The highest BCUT2D eigenvalue weighted by molar-refractivity contribution is 7.93. The van der Waals surface area contributed by atoms with E-state index < -0.39 is 22.5 Å². The van der Waals surface area contributed by atoms with Crippen molar-refractivity contribution in [1.29, 1.82) is 0 Å². The van der Waals surface area contributed by atoms with E-state index in [1.165, 1.54) is 16.4 Å². The number of hydrogen-bond acceptors (Lipinski definition) is 4. The van der Waals surface area contributed by atoms with Crippen molar-refractivity contribution in [2.45, 2.75) is 19.6 Å². The first-order valence-electron chi connectivity index (χ1n) is 8.94. The van der Waals surface area contributed by atoms with Gasteiger partial charge in [-0.3, -0.25) is 9.10 Å². The summed E-state index contributed by atoms with van der Waals surface area (Å²) in [5.41, 5.74) is 1.76. The zero-order valence-corrected chi connectivity index (χ0v) is 16.2. The number of para-hydroxylation sites is 1. The number of alkyl halides is 2. The van der Waals surface area contributed by atoms with E-state index in [0.29, 0.717) is 24.2 Å². The van der Waals surface area contributed by atoms with Gasteiger partial charge < -0.3 is 10.1 Å². The van der Waals surface area contributed by atoms with Crippen molar-refractivity contribution in [2.75, 3.05) is 16.6 Å². The van der Waals surface area contributed by atoms with E-state index in [4.69, 9.17) is 0 Å². The van der Waals surface area contributed by atoms with Crippen LogP contribution >= 0.6 is 0 Å². The van der Waals surface area contributed by atoms with Gasteiger partial charge in [0, 0.05) is 24.7 Å². The quantitative estimate of drug-likeness (QED) is 0.696. The van der Waals surface area contributed by atoms with Gasteiger partial charge >= 0.3 is 6.61 Å². The Labute approximate surface area is 167 Å². The number of sulfonamides is 1. The highest BCUT2D eigenvalue weighted by Crippen LogP contribution is 2.24. The normalized spacial score (nSPS) is 15.8. The highest BCUT2D eigenvalue weighted by Gasteiger charge is 2.28. The number of ether oxygens (including phenoxy) is 1. The summed E-state index contributed by atoms with van der Waals surface area (Å²) in [7, 11) is -3.23. The van der Waals surface area contributed by atoms with Crippen molar-refractivity contribution in [3.8, 4) is 5.75 Å². The molecule has 0 radical (unpaired) electrons. The molecule has 1 aliphatic heterocycles. The SMILES string of the molecule is O=C(/C=C/c1ccc(N2CCCS2(=O)=O)cc1)NCc1ccccc1OC(F)F. The predicted octanol–water partition coefficient (Wildman–Crippen LogP) is 3.16. The molecule has 0 spiro atoms. The molecule has 1 aliphatic rings. The van der Waals surface area contributed by atoms with Gasteiger partial charge in [-0.2, -0.15) is 8.78 Å². The minimum Gasteiger partial charge on any atom is -0.434 e. The maximum Gasteiger partial charge on any atom is 0.387 e. The van der Waals surface area contributed by atoms with Gasteiger partial charge in [-0.1, -0.05) is 30.3 Å². The first-order valence-corrected chi connectivity index (χ1v) is 10.6. The van der Waals surface area contributed by atoms with Crippen LogP contribution in [0.1, 0.15) is 17.5 Å². The van der Waals surface area contributed by atoms with Crippen LogP contribution in [0.15, 0.2) is 54.6 Å². The lowest BCUT2D eigenvalue weighted by atomic mass is 10.2. The van der Waals surface area contributed by atoms with Gasteiger partial charge in [0.1, 0.15) is 5.75 Å². The number of anilines is 1. The molecule has 0 aromatic heterocycles. The molecule has 0 atom stereocenters. The molecule has 6 nitrogen and oxygen atoms in total. The largest absolute Gasteiger partial charge is 0.434 e. The van der Waals surface area contributed by atoms with Gasteiger partial charge in [0.15, 0.2) is 0 Å². The fourth-order valence-corrected chi connectivity index (χ4v) is 4.52. The van der Waals surface area contributed by atoms with Crippen molar-refractivity contribution in [3.63, 3.8) is 0 Å². The number of halogens is 2. The zero-order valence-electron chi connectivity index (χ0n) is 15.4. The van der Waals surface area contributed by atoms with Crippen LogP contribution < -0.4 is 14.4 Å². The van der Waals surface area contributed by atoms with E-state index in [2.05, 4.69) is 10.1 Å². The Morgan fingerprint density at radius 2 is 1.90 bits per heavy atom. The molecule has 1 heterocycles. The third-order valence-corrected chi connectivity index (χ3v) is 6.22. The Morgan fingerprint density at radius 1 is 1.17 bits per heavy atom. The van der Waals surface area contributed by atoms with Gasteiger partial charge in [0.2, 0.25) is 15.9 Å². The van der Waals surface area contributed by atoms with Gasteiger partial charge in [0.05, 0.1) is 11.4 Å². The van der Waals surface area contributed by atoms with Gasteiger partial charge in [-0.05, 0) is 36.3 Å². The molecule has 1 fully saturated rings. The number of carbonyl (C=O) groups is 1. The first kappa shape index (κ1) is 20.8. The van der Waals surface area contributed by atoms with E-state index >= 15 is 0 Å². The smallest absolute Gasteiger partial charge is 0.387 e. The number of nitrogens with one attached hydrogen (secondary N) is 1. The molecule has 9 heteroatoms. The molecular weight excluding hydrogens is 402 g/mol. The van der Waals surface area contributed by atoms with Crippen LogP contribution in [0, 0.1) is 0 Å². The first-order chi connectivity index (χ1) is 13.8. The number of carbonyl (C=O) groups excluding carboxylic acids is 1. The Bertz CT molecular complexity index is 992. The molecule has 154 valence electrons. The zero-order chi connectivity index (χ0) is 20.9. The highest BCUT2D eigenvalue weighted by atomic mass is 32.2. The van der Waals surface area contributed by atoms with Gasteiger partial charge in [0.25, 0.3) is 0 Å². The van der Waals surface area contributed by atoms with Crippen LogP contribution in [0.4, 0.5) is 14.5 Å². The number of amides is 1. The summed E-state index contributed by atoms with van der Waals surface area (Å²) in [5.74, 6) is -0.234. The summed E-state index contributed by atoms with van der Waals surface area (Å²) >= 11 is 0. The van der Waals surface area contributed by atoms with E-state index in [1.54, 1.807) is 48.5 Å². The van der Waals surface area contributed by atoms with Crippen molar-refractivity contribution < 1.29 is 26.7 Å². The standard InChI is InChI=1S/C20H20F2N2O4S/c21-20(22)28-18-5-2-1-4-16(18)14-23-19(25)11-8-15-6-9-17(10-7-15)24-12-3-13-29(24,26)27/h1-2,4-11,20H,3,12-14H2,(H,23,25)/b11-8+. The van der Waals surface area contributed by atoms with Crippen LogP contribution in [0.2, 0.25) is 0 Å². The van der Waals surface area contributed by atoms with Crippen LogP contribution in [0.3, 0.4) is 0 Å². The summed E-state index contributed by atoms with van der Waals surface area (Å²) in [6.07, 6.45) is 3.51. The molecule has 0 saturated carbocycles. The summed E-state index contributed by atoms with van der Waals surface area (Å²) in [6.45, 7) is -2.43. The van der Waals surface area contributed by atoms with E-state index in [9.17, 15) is 22.0 Å². The summed E-state index contributed by atoms with van der Waals surface area (Å²) < 4.78 is 54.5. The predicted molar refractivity (Wildman–Crippen MR) is 106 cm³/mol. The molecular formula is C20H20F2N2O4S. The second-order valence-electron chi connectivity index (χ2n) is 6.37. The number of nitrogens with zero attached hydrogens (tertiary/aromatic N) is 1. The molecule has 2 aromatic rings. The Hall–Kier alpha value is -2.94. The van der Waals surface area contributed by atoms with Crippen LogP contribution in [-0.2, 0) is 21.4 Å². The maximum atomic E-state index is 12.4. The molecule has 1 saturated heterocycles. The third kappa shape index (κ3) is 5.54. The van der Waals surface area contributed by atoms with Crippen LogP contribution in [-0.4, -0.2) is 33.2 Å². The lowest BCUT2D eigenvalue weighted by molar-refractivity contribution is -0.116. The molecule has 1 amide bonds. The summed E-state index contributed by atoms with van der Waals surface area (Å²) in [6, 6.07) is 13.1. The second-order valence-corrected chi connectivity index (χ2v) is 8.38. The lowest BCUT2D eigenvalue weighted by Crippen LogP contribution is -2.24. The van der Waals surface area contributed by atoms with Gasteiger partial charge in [-0.15, -0.1) is 0 Å². The number of rotatable bonds is 7. The molecule has 2 aromatic carbocycles. The number of hydrogen-bond donors (Lipinski definition) is 1. The van der Waals surface area contributed by atoms with Gasteiger partial charge in [-0.25, -0.2) is 8.42 Å². The Morgan fingerprint density at radius 3 is 2.55 bits per heavy atom. The van der Waals surface area contributed by atoms with Crippen molar-refractivity contribution in [3.05, 3.63) is 65.7 Å². The molecule has 29 heavy (non-hydrogen) atoms. The lowest BCUT2D eigenvalue weighted by Gasteiger charge is -2.16. The van der Waals surface area contributed by atoms with Crippen molar-refractivity contribution in [2.24, 2.45) is 0 Å². The minimum atomic E-state index is -3.23. The van der Waals surface area contributed by atoms with E-state index in [1.807, 2.05) is 0 Å². The molecule has 1 N–H and O–H groups in total. The minimum absolute atomic E-state index is 0.0132. The molecule has 0 unspecified atom stereocenters. The Kier molecular flexibility index (Phi) is 6.48. The summed E-state index contributed by atoms with van der Waals surface area (Å²) in [4.78, 5) is 12.0. The third-order valence-electron chi connectivity index (χ3n) is 4.35. The second kappa shape index (κ2) is 9.04. The number of benzene rings is 2. The monoisotopic (exact) mass is 422 g/mol. The maximum absolute atomic E-state index is 12.4. The van der Waals surface area contributed by atoms with Crippen molar-refractivity contribution in [1.82, 2.24) is 5.32 Å². The van der Waals surface area contributed by atoms with E-state index in [-0.39, 0.29) is 18.0 Å². The fourth-order valence-electron chi connectivity index (χ4n) is 2.96. The van der Waals surface area contributed by atoms with Crippen LogP contribution in [0.5, 0.6) is 5.75 Å². The average molecular weight is 422 g/mol. The summed E-state index contributed by atoms with van der Waals surface area (Å²) in [5, 5.41) is 2.61. The van der Waals surface area contributed by atoms with E-state index in [0.717, 1.165) is 5.56 Å². The molecule has 0 aliphatic carbocycles. The fraction of sp³-hybridized carbons (Fsp3) is 0.250. The molecule has 3 rings (SSSR count). The topological polar surface area (TPSA) is 75.7 Å². The molecule has 0 bridgehead atoms. The Balaban J connectivity index is 1.57. The average Bonchev–Trinajstić information content (AvgIpc) is 3.04. The van der Waals surface area contributed by atoms with Crippen LogP contribution in [0.25, 0.3) is 6.08 Å².